The van der Waals surface area contributed by atoms with Gasteiger partial charge in [0.2, 0.25) is 5.91 Å². The number of nitrogens with one attached hydrogen (secondary N) is 1. The number of hydrogen-bond acceptors (Lipinski definition) is 3. The summed E-state index contributed by atoms with van der Waals surface area (Å²) in [5.74, 6) is 0.00465. The van der Waals surface area contributed by atoms with E-state index in [9.17, 15) is 9.59 Å². The van der Waals surface area contributed by atoms with E-state index in [1.54, 1.807) is 31.5 Å². The van der Waals surface area contributed by atoms with Crippen LogP contribution >= 0.6 is 0 Å². The molecule has 0 spiro atoms. The van der Waals surface area contributed by atoms with Crippen LogP contribution < -0.4 is 16.0 Å². The number of rotatable bonds is 3. The predicted molar refractivity (Wildman–Crippen MR) is 91.0 cm³/mol. The fraction of sp³-hybridized carbons (Fsp3) is 0.333. The van der Waals surface area contributed by atoms with Crippen LogP contribution in [0.15, 0.2) is 29.2 Å². The van der Waals surface area contributed by atoms with Gasteiger partial charge in [0.1, 0.15) is 5.75 Å². The van der Waals surface area contributed by atoms with Crippen molar-refractivity contribution in [3.05, 3.63) is 51.4 Å². The molecule has 0 saturated heterocycles. The van der Waals surface area contributed by atoms with E-state index in [1.165, 1.54) is 0 Å². The Hall–Kier alpha value is -2.56. The summed E-state index contributed by atoms with van der Waals surface area (Å²) >= 11 is 0. The average molecular weight is 314 g/mol. The van der Waals surface area contributed by atoms with Gasteiger partial charge in [-0.15, -0.1) is 0 Å². The second-order valence-corrected chi connectivity index (χ2v) is 6.53. The van der Waals surface area contributed by atoms with Gasteiger partial charge in [0.05, 0.1) is 12.7 Å². The summed E-state index contributed by atoms with van der Waals surface area (Å²) in [6.45, 7) is 8.06. The van der Waals surface area contributed by atoms with Crippen molar-refractivity contribution in [2.45, 2.75) is 33.1 Å². The van der Waals surface area contributed by atoms with E-state index in [1.807, 2.05) is 6.92 Å². The van der Waals surface area contributed by atoms with Gasteiger partial charge in [0, 0.05) is 22.9 Å². The van der Waals surface area contributed by atoms with Crippen LogP contribution in [-0.2, 0) is 5.41 Å². The zero-order valence-corrected chi connectivity index (χ0v) is 14.1. The summed E-state index contributed by atoms with van der Waals surface area (Å²) in [5, 5.41) is 0. The lowest BCUT2D eigenvalue weighted by molar-refractivity contribution is 0.100. The minimum absolute atomic E-state index is 0.220. The fourth-order valence-corrected chi connectivity index (χ4v) is 3.04. The van der Waals surface area contributed by atoms with Gasteiger partial charge < -0.3 is 15.5 Å². The molecule has 0 aliphatic carbocycles. The zero-order valence-electron chi connectivity index (χ0n) is 14.1. The van der Waals surface area contributed by atoms with E-state index in [0.29, 0.717) is 16.9 Å². The number of hydrogen-bond donors (Lipinski definition) is 2. The highest BCUT2D eigenvalue weighted by atomic mass is 16.5. The second-order valence-electron chi connectivity index (χ2n) is 6.53. The third-order valence-corrected chi connectivity index (χ3v) is 3.86. The van der Waals surface area contributed by atoms with Gasteiger partial charge in [-0.1, -0.05) is 20.8 Å². The Morgan fingerprint density at radius 2 is 1.96 bits per heavy atom. The molecule has 0 bridgehead atoms. The third kappa shape index (κ3) is 2.99. The summed E-state index contributed by atoms with van der Waals surface area (Å²) in [6.07, 6.45) is 1.55. The van der Waals surface area contributed by atoms with Crippen LogP contribution in [0.25, 0.3) is 11.1 Å². The molecule has 1 amide bonds. The van der Waals surface area contributed by atoms with Gasteiger partial charge in [-0.05, 0) is 36.1 Å². The lowest BCUT2D eigenvalue weighted by Crippen LogP contribution is -2.21. The number of nitrogens with two attached hydrogens (primary N) is 1. The Bertz CT molecular complexity index is 814. The number of carbonyl (C=O) groups excluding carboxylic acids is 1. The molecule has 0 radical (unpaired) electrons. The van der Waals surface area contributed by atoms with Crippen LogP contribution in [0.3, 0.4) is 0 Å². The van der Waals surface area contributed by atoms with E-state index in [0.717, 1.165) is 11.1 Å². The number of benzene rings is 1. The molecule has 23 heavy (non-hydrogen) atoms. The number of H-pyrrole nitrogens is 1. The number of amides is 1. The van der Waals surface area contributed by atoms with Crippen molar-refractivity contribution in [1.29, 1.82) is 0 Å². The number of pyridine rings is 1. The number of ether oxygens (including phenoxy) is 1. The Morgan fingerprint density at radius 1 is 1.30 bits per heavy atom. The van der Waals surface area contributed by atoms with Gasteiger partial charge in [-0.2, -0.15) is 0 Å². The van der Waals surface area contributed by atoms with Crippen LogP contribution in [0.4, 0.5) is 0 Å². The molecule has 0 saturated carbocycles. The summed E-state index contributed by atoms with van der Waals surface area (Å²) in [7, 11) is 1.56. The Labute approximate surface area is 135 Å². The highest BCUT2D eigenvalue weighted by Crippen LogP contribution is 2.40. The predicted octanol–water partition coefficient (Wildman–Crippen LogP) is 2.76. The molecule has 1 aromatic heterocycles. The summed E-state index contributed by atoms with van der Waals surface area (Å²) < 4.78 is 5.47. The van der Waals surface area contributed by atoms with Crippen LogP contribution in [0.5, 0.6) is 5.75 Å². The van der Waals surface area contributed by atoms with Gasteiger partial charge in [-0.3, -0.25) is 9.59 Å². The monoisotopic (exact) mass is 314 g/mol. The first kappa shape index (κ1) is 16.8. The standard InChI is InChI=1S/C18H22N2O3/c1-10-14(11-7-6-8-20-17(11)22)12(16(19)21)9-13(23-5)15(10)18(2,3)4/h6-9H,1-5H3,(H2,19,21)(H,20,22). The molecule has 5 nitrogen and oxygen atoms in total. The molecule has 2 rings (SSSR count). The molecule has 122 valence electrons. The zero-order chi connectivity index (χ0) is 17.4. The van der Waals surface area contributed by atoms with Crippen molar-refractivity contribution >= 4 is 5.91 Å². The molecular weight excluding hydrogens is 292 g/mol. The Balaban J connectivity index is 2.98. The molecule has 2 aromatic rings. The number of aromatic nitrogens is 1. The first-order chi connectivity index (χ1) is 10.7. The third-order valence-electron chi connectivity index (χ3n) is 3.86. The number of primary amides is 1. The van der Waals surface area contributed by atoms with Crippen molar-refractivity contribution < 1.29 is 9.53 Å². The molecule has 0 atom stereocenters. The minimum Gasteiger partial charge on any atom is -0.496 e. The summed E-state index contributed by atoms with van der Waals surface area (Å²) in [6, 6.07) is 5.03. The Kier molecular flexibility index (Phi) is 4.32. The highest BCUT2D eigenvalue weighted by Gasteiger charge is 2.27. The minimum atomic E-state index is -0.592. The topological polar surface area (TPSA) is 85.2 Å². The van der Waals surface area contributed by atoms with Crippen LogP contribution in [0, 0.1) is 6.92 Å². The lowest BCUT2D eigenvalue weighted by atomic mass is 9.79. The molecule has 0 fully saturated rings. The van der Waals surface area contributed by atoms with E-state index < -0.39 is 5.91 Å². The average Bonchev–Trinajstić information content (AvgIpc) is 2.45. The smallest absolute Gasteiger partial charge is 0.255 e. The molecule has 1 aromatic carbocycles. The summed E-state index contributed by atoms with van der Waals surface area (Å²) in [4.78, 5) is 26.8. The van der Waals surface area contributed by atoms with Crippen molar-refractivity contribution in [3.63, 3.8) is 0 Å². The van der Waals surface area contributed by atoms with E-state index >= 15 is 0 Å². The maximum atomic E-state index is 12.2. The molecule has 5 heteroatoms. The van der Waals surface area contributed by atoms with Crippen molar-refractivity contribution in [1.82, 2.24) is 4.98 Å². The normalized spacial score (nSPS) is 11.3. The lowest BCUT2D eigenvalue weighted by Gasteiger charge is -2.27. The maximum Gasteiger partial charge on any atom is 0.255 e. The number of aromatic amines is 1. The van der Waals surface area contributed by atoms with Crippen molar-refractivity contribution in [3.8, 4) is 16.9 Å². The molecule has 0 aliphatic rings. The van der Waals surface area contributed by atoms with Gasteiger partial charge in [-0.25, -0.2) is 0 Å². The van der Waals surface area contributed by atoms with Crippen molar-refractivity contribution in [2.24, 2.45) is 5.73 Å². The maximum absolute atomic E-state index is 12.2. The van der Waals surface area contributed by atoms with Crippen molar-refractivity contribution in [2.75, 3.05) is 7.11 Å². The van der Waals surface area contributed by atoms with Crippen LogP contribution in [0.1, 0.15) is 42.3 Å². The second kappa shape index (κ2) is 5.91. The van der Waals surface area contributed by atoms with Gasteiger partial charge in [0.25, 0.3) is 5.56 Å². The largest absolute Gasteiger partial charge is 0.496 e. The fourth-order valence-electron chi connectivity index (χ4n) is 3.04. The van der Waals surface area contributed by atoms with E-state index in [4.69, 9.17) is 10.5 Å². The summed E-state index contributed by atoms with van der Waals surface area (Å²) in [5.41, 5.74) is 8.10. The van der Waals surface area contributed by atoms with E-state index in [-0.39, 0.29) is 16.5 Å². The van der Waals surface area contributed by atoms with E-state index in [2.05, 4.69) is 25.8 Å². The number of methoxy groups -OCH3 is 1. The first-order valence-corrected chi connectivity index (χ1v) is 7.38. The molecule has 0 unspecified atom stereocenters. The number of carbonyl (C=O) groups is 1. The molecule has 1 heterocycles. The highest BCUT2D eigenvalue weighted by molar-refractivity contribution is 6.01. The molecular formula is C18H22N2O3. The van der Waals surface area contributed by atoms with Crippen LogP contribution in [-0.4, -0.2) is 18.0 Å². The molecule has 3 N–H and O–H groups in total. The molecule has 0 aliphatic heterocycles. The quantitative estimate of drug-likeness (QED) is 0.913. The van der Waals surface area contributed by atoms with Crippen LogP contribution in [0.2, 0.25) is 0 Å². The first-order valence-electron chi connectivity index (χ1n) is 7.38. The Morgan fingerprint density at radius 3 is 2.43 bits per heavy atom. The van der Waals surface area contributed by atoms with Gasteiger partial charge >= 0.3 is 0 Å². The SMILES string of the molecule is COc1cc(C(N)=O)c(-c2ccc[nH]c2=O)c(C)c1C(C)(C)C. The van der Waals surface area contributed by atoms with Gasteiger partial charge in [0.15, 0.2) is 0 Å².